The van der Waals surface area contributed by atoms with Crippen molar-refractivity contribution >= 4 is 66.6 Å². The number of para-hydroxylation sites is 2. The molecule has 5 aromatic carbocycles. The van der Waals surface area contributed by atoms with Crippen LogP contribution in [0.5, 0.6) is 0 Å². The molecule has 3 nitrogen and oxygen atoms in total. The minimum Gasteiger partial charge on any atom is -0.310 e. The summed E-state index contributed by atoms with van der Waals surface area (Å²) < 4.78 is 4.71. The number of rotatable bonds is 2. The van der Waals surface area contributed by atoms with E-state index < -0.39 is 0 Å². The molecule has 0 atom stereocenters. The molecule has 2 aromatic heterocycles. The van der Waals surface area contributed by atoms with Gasteiger partial charge in [-0.05, 0) is 55.7 Å². The molecule has 7 aromatic rings. The number of benzene rings is 5. The highest BCUT2D eigenvalue weighted by molar-refractivity contribution is 6.99. The van der Waals surface area contributed by atoms with Gasteiger partial charge in [0.2, 0.25) is 6.71 Å². The van der Waals surface area contributed by atoms with Crippen LogP contribution in [0.25, 0.3) is 49.2 Å². The van der Waals surface area contributed by atoms with E-state index in [-0.39, 0.29) is 23.0 Å². The van der Waals surface area contributed by atoms with E-state index in [1.54, 1.807) is 0 Å². The van der Waals surface area contributed by atoms with Crippen molar-refractivity contribution in [1.29, 1.82) is 0 Å². The second kappa shape index (κ2) is 9.13. The van der Waals surface area contributed by atoms with Crippen molar-refractivity contribution in [2.24, 2.45) is 12.5 Å². The molecular formula is C41H42BN3. The van der Waals surface area contributed by atoms with Crippen LogP contribution in [0.2, 0.25) is 0 Å². The Balaban J connectivity index is 1.56. The largest absolute Gasteiger partial charge is 0.310 e. The number of hydrogen-bond donors (Lipinski definition) is 0. The average molecular weight is 588 g/mol. The predicted molar refractivity (Wildman–Crippen MR) is 195 cm³/mol. The van der Waals surface area contributed by atoms with E-state index in [2.05, 4.69) is 163 Å². The number of fused-ring (bicyclic) bond motifs is 8. The first-order valence-corrected chi connectivity index (χ1v) is 16.3. The number of aromatic nitrogens is 3. The van der Waals surface area contributed by atoms with Gasteiger partial charge in [-0.25, -0.2) is 0 Å². The molecule has 0 N–H and O–H groups in total. The Labute approximate surface area is 266 Å². The van der Waals surface area contributed by atoms with Gasteiger partial charge in [-0.1, -0.05) is 134 Å². The van der Waals surface area contributed by atoms with Crippen molar-refractivity contribution in [3.8, 4) is 5.69 Å². The summed E-state index contributed by atoms with van der Waals surface area (Å²) in [6, 6.07) is 34.4. The van der Waals surface area contributed by atoms with Crippen molar-refractivity contribution in [2.75, 3.05) is 0 Å². The highest BCUT2D eigenvalue weighted by atomic mass is 15.3. The van der Waals surface area contributed by atoms with Gasteiger partial charge in [0.25, 0.3) is 0 Å². The van der Waals surface area contributed by atoms with Gasteiger partial charge in [0.15, 0.2) is 0 Å². The number of aryl methyl sites for hydroxylation is 1. The Hall–Kier alpha value is -4.31. The quantitative estimate of drug-likeness (QED) is 0.187. The van der Waals surface area contributed by atoms with Crippen LogP contribution in [0.3, 0.4) is 0 Å². The summed E-state index contributed by atoms with van der Waals surface area (Å²) in [6.45, 7) is 18.7. The van der Waals surface area contributed by atoms with Crippen LogP contribution >= 0.6 is 0 Å². The molecule has 3 heterocycles. The third-order valence-corrected chi connectivity index (χ3v) is 11.1. The van der Waals surface area contributed by atoms with Gasteiger partial charge >= 0.3 is 0 Å². The number of hydrogen-bond acceptors (Lipinski definition) is 1. The SMILES string of the molecule is Cn1nc(C(C)(C)C(C)(C)C)c2c3ccccc3cc(B3c4ccc(C(C)(C)C)cc4-n4c5ccccc5c5cccc3c54)c21. The summed E-state index contributed by atoms with van der Waals surface area (Å²) in [7, 11) is 2.15. The zero-order valence-electron chi connectivity index (χ0n) is 28.1. The lowest BCUT2D eigenvalue weighted by molar-refractivity contribution is 0.220. The lowest BCUT2D eigenvalue weighted by Crippen LogP contribution is -2.56. The Morgan fingerprint density at radius 1 is 0.622 bits per heavy atom. The summed E-state index contributed by atoms with van der Waals surface area (Å²) in [5.74, 6) is 0. The first-order chi connectivity index (χ1) is 21.3. The molecule has 0 fully saturated rings. The van der Waals surface area contributed by atoms with Crippen LogP contribution in [-0.2, 0) is 17.9 Å². The third kappa shape index (κ3) is 3.81. The van der Waals surface area contributed by atoms with Crippen molar-refractivity contribution in [2.45, 2.75) is 66.2 Å². The summed E-state index contributed by atoms with van der Waals surface area (Å²) in [5, 5.41) is 11.8. The Morgan fingerprint density at radius 2 is 1.31 bits per heavy atom. The van der Waals surface area contributed by atoms with Gasteiger partial charge in [-0.15, -0.1) is 0 Å². The van der Waals surface area contributed by atoms with E-state index >= 15 is 0 Å². The van der Waals surface area contributed by atoms with E-state index in [0.717, 1.165) is 0 Å². The second-order valence-electron chi connectivity index (χ2n) is 15.8. The van der Waals surface area contributed by atoms with E-state index in [1.165, 1.54) is 76.8 Å². The fraction of sp³-hybridized carbons (Fsp3) is 0.293. The zero-order chi connectivity index (χ0) is 31.6. The molecule has 4 heteroatoms. The van der Waals surface area contributed by atoms with Gasteiger partial charge in [-0.3, -0.25) is 4.68 Å². The normalized spacial score (nSPS) is 13.8. The molecule has 8 rings (SSSR count). The molecule has 0 aliphatic carbocycles. The predicted octanol–water partition coefficient (Wildman–Crippen LogP) is 8.27. The lowest BCUT2D eigenvalue weighted by atomic mass is 9.35. The summed E-state index contributed by atoms with van der Waals surface area (Å²) >= 11 is 0. The van der Waals surface area contributed by atoms with E-state index in [0.29, 0.717) is 0 Å². The molecule has 0 saturated carbocycles. The van der Waals surface area contributed by atoms with Crippen molar-refractivity contribution < 1.29 is 0 Å². The minimum atomic E-state index is -0.146. The van der Waals surface area contributed by atoms with Gasteiger partial charge in [0.1, 0.15) is 0 Å². The first-order valence-electron chi connectivity index (χ1n) is 16.3. The molecule has 0 spiro atoms. The van der Waals surface area contributed by atoms with Gasteiger partial charge in [0, 0.05) is 39.8 Å². The Bertz CT molecular complexity index is 2340. The smallest absolute Gasteiger partial charge is 0.249 e. The third-order valence-electron chi connectivity index (χ3n) is 11.1. The Kier molecular flexibility index (Phi) is 5.72. The van der Waals surface area contributed by atoms with Crippen molar-refractivity contribution in [1.82, 2.24) is 14.3 Å². The zero-order valence-corrected chi connectivity index (χ0v) is 28.1. The van der Waals surface area contributed by atoms with Crippen LogP contribution in [0.4, 0.5) is 0 Å². The van der Waals surface area contributed by atoms with Crippen LogP contribution in [0.15, 0.2) is 91.0 Å². The monoisotopic (exact) mass is 587 g/mol. The van der Waals surface area contributed by atoms with Crippen LogP contribution in [0, 0.1) is 5.41 Å². The van der Waals surface area contributed by atoms with Crippen LogP contribution < -0.4 is 16.4 Å². The van der Waals surface area contributed by atoms with Crippen molar-refractivity contribution in [3.63, 3.8) is 0 Å². The summed E-state index contributed by atoms with van der Waals surface area (Å²) in [4.78, 5) is 0. The maximum absolute atomic E-state index is 5.38. The molecular weight excluding hydrogens is 545 g/mol. The highest BCUT2D eigenvalue weighted by Gasteiger charge is 2.41. The molecule has 1 aliphatic rings. The van der Waals surface area contributed by atoms with E-state index in [4.69, 9.17) is 5.10 Å². The maximum Gasteiger partial charge on any atom is 0.249 e. The molecule has 224 valence electrons. The first kappa shape index (κ1) is 28.2. The molecule has 0 saturated heterocycles. The molecule has 45 heavy (non-hydrogen) atoms. The topological polar surface area (TPSA) is 22.8 Å². The van der Waals surface area contributed by atoms with E-state index in [9.17, 15) is 0 Å². The van der Waals surface area contributed by atoms with Crippen molar-refractivity contribution in [3.05, 3.63) is 102 Å². The van der Waals surface area contributed by atoms with Gasteiger partial charge < -0.3 is 4.57 Å². The van der Waals surface area contributed by atoms with Crippen LogP contribution in [0.1, 0.15) is 66.6 Å². The molecule has 0 radical (unpaired) electrons. The fourth-order valence-corrected chi connectivity index (χ4v) is 7.69. The lowest BCUT2D eigenvalue weighted by Gasteiger charge is -2.38. The summed E-state index contributed by atoms with van der Waals surface area (Å²) in [6.07, 6.45) is 0. The maximum atomic E-state index is 5.38. The molecule has 0 unspecified atom stereocenters. The average Bonchev–Trinajstić information content (AvgIpc) is 3.53. The molecule has 1 aliphatic heterocycles. The second-order valence-corrected chi connectivity index (χ2v) is 15.8. The highest BCUT2D eigenvalue weighted by Crippen LogP contribution is 2.44. The molecule has 0 bridgehead atoms. The van der Waals surface area contributed by atoms with Gasteiger partial charge in [0.05, 0.1) is 16.7 Å². The van der Waals surface area contributed by atoms with Gasteiger partial charge in [-0.2, -0.15) is 5.10 Å². The van der Waals surface area contributed by atoms with Crippen LogP contribution in [-0.4, -0.2) is 21.1 Å². The minimum absolute atomic E-state index is 0.0265. The molecule has 0 amide bonds. The summed E-state index contributed by atoms with van der Waals surface area (Å²) in [5.41, 5.74) is 11.6. The standard InChI is InChI=1S/C41H42BN3/c1-39(2,3)26-21-22-30-34(24-26)45-33-20-13-12-17-28(33)29-18-14-19-31(36(29)45)42(30)32-23-25-15-10-11-16-27(25)35-37(32)44(9)43-38(35)41(7,8)40(4,5)6/h10-24H,1-9H3. The van der Waals surface area contributed by atoms with E-state index in [1.807, 2.05) is 0 Å². The number of nitrogens with zero attached hydrogens (tertiary/aromatic N) is 3. The Morgan fingerprint density at radius 3 is 2.04 bits per heavy atom. The fourth-order valence-electron chi connectivity index (χ4n) is 7.69.